The molecule has 4 heterocycles. The minimum atomic E-state index is -0.829. The van der Waals surface area contributed by atoms with Crippen LogP contribution in [0.4, 0.5) is 5.69 Å². The number of fused-ring (bicyclic) bond motifs is 2. The van der Waals surface area contributed by atoms with E-state index in [0.29, 0.717) is 24.9 Å². The molecule has 0 saturated heterocycles. The quantitative estimate of drug-likeness (QED) is 0.215. The van der Waals surface area contributed by atoms with Gasteiger partial charge in [-0.2, -0.15) is 5.26 Å². The molecule has 0 aliphatic carbocycles. The first-order valence-corrected chi connectivity index (χ1v) is 14.2. The Morgan fingerprint density at radius 2 is 1.37 bits per heavy atom. The van der Waals surface area contributed by atoms with E-state index in [-0.39, 0.29) is 5.91 Å². The molecule has 0 radical (unpaired) electrons. The van der Waals surface area contributed by atoms with Gasteiger partial charge in [-0.15, -0.1) is 0 Å². The summed E-state index contributed by atoms with van der Waals surface area (Å²) in [5.74, 6) is 0.0639. The van der Waals surface area contributed by atoms with Crippen molar-refractivity contribution in [1.29, 1.82) is 5.26 Å². The number of carbonyl (C=O) groups excluding carboxylic acids is 1. The fourth-order valence-corrected chi connectivity index (χ4v) is 6.28. The minimum Gasteiger partial charge on any atom is -0.307 e. The SMILES string of the molecule is N#Cc1ccc(-c2ccc3c(c2)N(Cc2ccnc4ccccc24)C(=O)C3(Cc2ccncc2)Cc2ccncc2)cc1. The lowest BCUT2D eigenvalue weighted by atomic mass is 9.72. The maximum atomic E-state index is 15.0. The van der Waals surface area contributed by atoms with Crippen LogP contribution in [0.1, 0.15) is 27.8 Å². The highest BCUT2D eigenvalue weighted by molar-refractivity contribution is 6.09. The van der Waals surface area contributed by atoms with Crippen LogP contribution in [-0.2, 0) is 29.6 Å². The van der Waals surface area contributed by atoms with E-state index in [2.05, 4.69) is 45.3 Å². The third-order valence-corrected chi connectivity index (χ3v) is 8.38. The molecular weight excluding hydrogens is 530 g/mol. The number of aromatic nitrogens is 3. The van der Waals surface area contributed by atoms with E-state index in [1.807, 2.05) is 83.9 Å². The second-order valence-electron chi connectivity index (χ2n) is 10.9. The summed E-state index contributed by atoms with van der Waals surface area (Å²) in [7, 11) is 0. The van der Waals surface area contributed by atoms with Crippen LogP contribution >= 0.6 is 0 Å². The maximum Gasteiger partial charge on any atom is 0.238 e. The van der Waals surface area contributed by atoms with E-state index >= 15 is 4.79 Å². The van der Waals surface area contributed by atoms with E-state index in [4.69, 9.17) is 0 Å². The average Bonchev–Trinajstić information content (AvgIpc) is 3.28. The Balaban J connectivity index is 1.41. The Hall–Kier alpha value is -5.67. The standard InChI is InChI=1S/C37H27N5O/c38-24-28-5-7-29(8-6-28)30-9-10-33-35(21-30)42(25-31-15-20-41-34-4-2-1-3-32(31)34)36(43)37(33,22-26-11-16-39-17-12-26)23-27-13-18-40-19-14-27/h1-21H,22-23,25H2. The van der Waals surface area contributed by atoms with Crippen LogP contribution in [0.5, 0.6) is 0 Å². The van der Waals surface area contributed by atoms with Gasteiger partial charge in [-0.3, -0.25) is 19.7 Å². The maximum absolute atomic E-state index is 15.0. The highest BCUT2D eigenvalue weighted by Gasteiger charge is 2.51. The molecule has 43 heavy (non-hydrogen) atoms. The number of para-hydroxylation sites is 1. The van der Waals surface area contributed by atoms with Crippen LogP contribution in [0.15, 0.2) is 128 Å². The summed E-state index contributed by atoms with van der Waals surface area (Å²) in [4.78, 5) is 29.9. The Labute approximate surface area is 249 Å². The number of amides is 1. The van der Waals surface area contributed by atoms with Crippen LogP contribution in [0.2, 0.25) is 0 Å². The van der Waals surface area contributed by atoms with Crippen molar-refractivity contribution in [2.75, 3.05) is 4.90 Å². The molecule has 1 aliphatic heterocycles. The third kappa shape index (κ3) is 4.81. The van der Waals surface area contributed by atoms with Gasteiger partial charge in [0, 0.05) is 42.1 Å². The molecular formula is C37H27N5O. The summed E-state index contributed by atoms with van der Waals surface area (Å²) in [5.41, 5.74) is 7.71. The number of nitriles is 1. The molecule has 0 saturated carbocycles. The molecule has 3 aromatic carbocycles. The second kappa shape index (κ2) is 11.0. The van der Waals surface area contributed by atoms with Crippen molar-refractivity contribution in [3.8, 4) is 17.2 Å². The predicted molar refractivity (Wildman–Crippen MR) is 167 cm³/mol. The Bertz CT molecular complexity index is 1940. The lowest BCUT2D eigenvalue weighted by Crippen LogP contribution is -2.43. The summed E-state index contributed by atoms with van der Waals surface area (Å²) >= 11 is 0. The van der Waals surface area contributed by atoms with Gasteiger partial charge in [0.2, 0.25) is 5.91 Å². The van der Waals surface area contributed by atoms with Crippen molar-refractivity contribution < 1.29 is 4.79 Å². The van der Waals surface area contributed by atoms with Gasteiger partial charge in [-0.1, -0.05) is 42.5 Å². The first-order valence-electron chi connectivity index (χ1n) is 14.2. The molecule has 206 valence electrons. The zero-order chi connectivity index (χ0) is 29.2. The summed E-state index contributed by atoms with van der Waals surface area (Å²) < 4.78 is 0. The molecule has 0 N–H and O–H groups in total. The lowest BCUT2D eigenvalue weighted by Gasteiger charge is -2.29. The summed E-state index contributed by atoms with van der Waals surface area (Å²) in [6.45, 7) is 0.417. The van der Waals surface area contributed by atoms with Crippen molar-refractivity contribution in [1.82, 2.24) is 15.0 Å². The van der Waals surface area contributed by atoms with Crippen LogP contribution in [0.3, 0.4) is 0 Å². The van der Waals surface area contributed by atoms with Crippen LogP contribution < -0.4 is 4.90 Å². The molecule has 6 heteroatoms. The van der Waals surface area contributed by atoms with E-state index in [1.165, 1.54) is 0 Å². The molecule has 3 aromatic heterocycles. The smallest absolute Gasteiger partial charge is 0.238 e. The summed E-state index contributed by atoms with van der Waals surface area (Å²) in [5, 5.41) is 10.3. The number of hydrogen-bond acceptors (Lipinski definition) is 5. The van der Waals surface area contributed by atoms with Gasteiger partial charge < -0.3 is 4.90 Å². The van der Waals surface area contributed by atoms with Gasteiger partial charge in [0.15, 0.2) is 0 Å². The molecule has 7 rings (SSSR count). The Morgan fingerprint density at radius 1 is 0.721 bits per heavy atom. The molecule has 1 amide bonds. The zero-order valence-corrected chi connectivity index (χ0v) is 23.4. The number of hydrogen-bond donors (Lipinski definition) is 0. The monoisotopic (exact) mass is 557 g/mol. The van der Waals surface area contributed by atoms with Gasteiger partial charge in [-0.25, -0.2) is 0 Å². The largest absolute Gasteiger partial charge is 0.307 e. The highest BCUT2D eigenvalue weighted by atomic mass is 16.2. The topological polar surface area (TPSA) is 82.8 Å². The molecule has 1 aliphatic rings. The van der Waals surface area contributed by atoms with Crippen LogP contribution in [0.25, 0.3) is 22.0 Å². The molecule has 6 nitrogen and oxygen atoms in total. The number of benzene rings is 3. The van der Waals surface area contributed by atoms with Crippen molar-refractivity contribution in [2.24, 2.45) is 0 Å². The lowest BCUT2D eigenvalue weighted by molar-refractivity contribution is -0.123. The number of rotatable bonds is 7. The molecule has 0 fully saturated rings. The van der Waals surface area contributed by atoms with Crippen LogP contribution in [0, 0.1) is 11.3 Å². The first kappa shape index (κ1) is 26.2. The van der Waals surface area contributed by atoms with E-state index in [9.17, 15) is 5.26 Å². The fourth-order valence-electron chi connectivity index (χ4n) is 6.28. The summed E-state index contributed by atoms with van der Waals surface area (Å²) in [6, 6.07) is 34.1. The fraction of sp³-hybridized carbons (Fsp3) is 0.108. The molecule has 0 unspecified atom stereocenters. The number of carbonyl (C=O) groups is 1. The average molecular weight is 558 g/mol. The third-order valence-electron chi connectivity index (χ3n) is 8.38. The van der Waals surface area contributed by atoms with E-state index < -0.39 is 5.41 Å². The van der Waals surface area contributed by atoms with Crippen molar-refractivity contribution >= 4 is 22.5 Å². The second-order valence-corrected chi connectivity index (χ2v) is 10.9. The van der Waals surface area contributed by atoms with Gasteiger partial charge in [0.25, 0.3) is 0 Å². The normalized spacial score (nSPS) is 13.6. The van der Waals surface area contributed by atoms with Gasteiger partial charge in [0.05, 0.1) is 29.1 Å². The highest BCUT2D eigenvalue weighted by Crippen LogP contribution is 2.48. The van der Waals surface area contributed by atoms with Crippen molar-refractivity contribution in [3.63, 3.8) is 0 Å². The van der Waals surface area contributed by atoms with Crippen molar-refractivity contribution in [2.45, 2.75) is 24.8 Å². The predicted octanol–water partition coefficient (Wildman–Crippen LogP) is 6.83. The Morgan fingerprint density at radius 3 is 2.05 bits per heavy atom. The van der Waals surface area contributed by atoms with E-state index in [1.54, 1.807) is 24.8 Å². The molecule has 0 atom stereocenters. The number of anilines is 1. The van der Waals surface area contributed by atoms with E-state index in [0.717, 1.165) is 50.0 Å². The zero-order valence-electron chi connectivity index (χ0n) is 23.4. The summed E-state index contributed by atoms with van der Waals surface area (Å²) in [6.07, 6.45) is 10.0. The molecule has 0 spiro atoms. The number of pyridine rings is 3. The van der Waals surface area contributed by atoms with Gasteiger partial charge >= 0.3 is 0 Å². The van der Waals surface area contributed by atoms with Crippen LogP contribution in [-0.4, -0.2) is 20.9 Å². The van der Waals surface area contributed by atoms with Gasteiger partial charge in [0.1, 0.15) is 0 Å². The first-order chi connectivity index (χ1) is 21.1. The van der Waals surface area contributed by atoms with Gasteiger partial charge in [-0.05, 0) is 101 Å². The molecule has 6 aromatic rings. The minimum absolute atomic E-state index is 0.0639. The molecule has 0 bridgehead atoms. The Kier molecular flexibility index (Phi) is 6.69. The number of nitrogens with zero attached hydrogens (tertiary/aromatic N) is 5. The van der Waals surface area contributed by atoms with Crippen molar-refractivity contribution in [3.05, 3.63) is 156 Å².